The standard InChI is InChI=1S/C15H9F2NO3/c16-13-2-1-3-14(17)12(13)8-9-15(19)10-4-6-11(7-5-10)18(20)21/h1-9H/b9-8+. The van der Waals surface area contributed by atoms with Crippen molar-refractivity contribution in [3.63, 3.8) is 0 Å². The van der Waals surface area contributed by atoms with E-state index in [1.807, 2.05) is 0 Å². The van der Waals surface area contributed by atoms with Crippen LogP contribution >= 0.6 is 0 Å². The summed E-state index contributed by atoms with van der Waals surface area (Å²) in [5.74, 6) is -2.06. The van der Waals surface area contributed by atoms with Crippen LogP contribution in [0.4, 0.5) is 14.5 Å². The Morgan fingerprint density at radius 2 is 1.62 bits per heavy atom. The molecule has 0 spiro atoms. The van der Waals surface area contributed by atoms with E-state index in [4.69, 9.17) is 0 Å². The molecule has 2 aromatic rings. The van der Waals surface area contributed by atoms with E-state index in [9.17, 15) is 23.7 Å². The minimum absolute atomic E-state index is 0.143. The van der Waals surface area contributed by atoms with Gasteiger partial charge in [0, 0.05) is 23.3 Å². The topological polar surface area (TPSA) is 60.2 Å². The molecule has 0 saturated carbocycles. The summed E-state index contributed by atoms with van der Waals surface area (Å²) in [4.78, 5) is 21.7. The summed E-state index contributed by atoms with van der Waals surface area (Å²) in [7, 11) is 0. The van der Waals surface area contributed by atoms with Crippen molar-refractivity contribution < 1.29 is 18.5 Å². The number of hydrogen-bond acceptors (Lipinski definition) is 3. The molecule has 0 aliphatic rings. The molecular formula is C15H9F2NO3. The van der Waals surface area contributed by atoms with E-state index in [1.54, 1.807) is 0 Å². The third kappa shape index (κ3) is 3.36. The molecule has 0 radical (unpaired) electrons. The van der Waals surface area contributed by atoms with Crippen LogP contribution < -0.4 is 0 Å². The van der Waals surface area contributed by atoms with Gasteiger partial charge >= 0.3 is 0 Å². The lowest BCUT2D eigenvalue weighted by Gasteiger charge is -1.99. The normalized spacial score (nSPS) is 10.8. The largest absolute Gasteiger partial charge is 0.289 e. The van der Waals surface area contributed by atoms with Gasteiger partial charge in [0.1, 0.15) is 11.6 Å². The van der Waals surface area contributed by atoms with Crippen molar-refractivity contribution in [2.45, 2.75) is 0 Å². The fourth-order valence-electron chi connectivity index (χ4n) is 1.67. The molecule has 0 saturated heterocycles. The smallest absolute Gasteiger partial charge is 0.269 e. The van der Waals surface area contributed by atoms with Gasteiger partial charge in [0.15, 0.2) is 5.78 Å². The number of nitro groups is 1. The van der Waals surface area contributed by atoms with Crippen LogP contribution in [0.5, 0.6) is 0 Å². The Morgan fingerprint density at radius 1 is 1.05 bits per heavy atom. The highest BCUT2D eigenvalue weighted by Crippen LogP contribution is 2.16. The molecule has 0 atom stereocenters. The van der Waals surface area contributed by atoms with Crippen LogP contribution in [0.25, 0.3) is 6.08 Å². The zero-order valence-corrected chi connectivity index (χ0v) is 10.6. The molecule has 0 aliphatic heterocycles. The maximum Gasteiger partial charge on any atom is 0.269 e. The summed E-state index contributed by atoms with van der Waals surface area (Å²) in [6, 6.07) is 8.32. The van der Waals surface area contributed by atoms with Crippen LogP contribution in [0.3, 0.4) is 0 Å². The SMILES string of the molecule is O=C(/C=C/c1c(F)cccc1F)c1ccc([N+](=O)[O-])cc1. The quantitative estimate of drug-likeness (QED) is 0.372. The Hall–Kier alpha value is -2.89. The van der Waals surface area contributed by atoms with Crippen LogP contribution in [-0.4, -0.2) is 10.7 Å². The molecule has 21 heavy (non-hydrogen) atoms. The first-order valence-corrected chi connectivity index (χ1v) is 5.90. The third-order valence-electron chi connectivity index (χ3n) is 2.76. The number of carbonyl (C=O) groups is 1. The Bertz CT molecular complexity index is 704. The van der Waals surface area contributed by atoms with Crippen molar-refractivity contribution >= 4 is 17.5 Å². The Kier molecular flexibility index (Phi) is 4.18. The fourth-order valence-corrected chi connectivity index (χ4v) is 1.67. The van der Waals surface area contributed by atoms with Gasteiger partial charge in [-0.05, 0) is 36.4 Å². The van der Waals surface area contributed by atoms with E-state index in [2.05, 4.69) is 0 Å². The van der Waals surface area contributed by atoms with E-state index in [-0.39, 0.29) is 16.8 Å². The average Bonchev–Trinajstić information content (AvgIpc) is 2.46. The lowest BCUT2D eigenvalue weighted by atomic mass is 10.1. The summed E-state index contributed by atoms with van der Waals surface area (Å²) < 4.78 is 26.7. The number of hydrogen-bond donors (Lipinski definition) is 0. The lowest BCUT2D eigenvalue weighted by molar-refractivity contribution is -0.384. The molecule has 4 nitrogen and oxygen atoms in total. The van der Waals surface area contributed by atoms with Gasteiger partial charge in [0.2, 0.25) is 0 Å². The first-order chi connectivity index (χ1) is 9.99. The second-order valence-electron chi connectivity index (χ2n) is 4.14. The number of carbonyl (C=O) groups excluding carboxylic acids is 1. The highest BCUT2D eigenvalue weighted by molar-refractivity contribution is 6.06. The van der Waals surface area contributed by atoms with E-state index in [0.717, 1.165) is 24.3 Å². The van der Waals surface area contributed by atoms with Crippen LogP contribution in [0, 0.1) is 21.7 Å². The summed E-state index contributed by atoms with van der Waals surface area (Å²) in [5.41, 5.74) is -0.267. The summed E-state index contributed by atoms with van der Waals surface area (Å²) in [6.07, 6.45) is 2.05. The molecule has 0 unspecified atom stereocenters. The van der Waals surface area contributed by atoms with Crippen molar-refractivity contribution in [3.8, 4) is 0 Å². The number of benzene rings is 2. The molecule has 0 aliphatic carbocycles. The van der Waals surface area contributed by atoms with Crippen molar-refractivity contribution in [3.05, 3.63) is 81.4 Å². The van der Waals surface area contributed by atoms with Crippen molar-refractivity contribution in [1.82, 2.24) is 0 Å². The van der Waals surface area contributed by atoms with Crippen LogP contribution in [0.15, 0.2) is 48.5 Å². The Morgan fingerprint density at radius 3 is 2.14 bits per heavy atom. The molecule has 0 aromatic heterocycles. The van der Waals surface area contributed by atoms with Gasteiger partial charge in [-0.15, -0.1) is 0 Å². The molecule has 106 valence electrons. The number of halogens is 2. The van der Waals surface area contributed by atoms with E-state index in [1.165, 1.54) is 30.3 Å². The number of rotatable bonds is 4. The summed E-state index contributed by atoms with van der Waals surface area (Å²) >= 11 is 0. The maximum absolute atomic E-state index is 13.4. The van der Waals surface area contributed by atoms with Crippen molar-refractivity contribution in [2.24, 2.45) is 0 Å². The van der Waals surface area contributed by atoms with Gasteiger partial charge in [-0.3, -0.25) is 14.9 Å². The summed E-state index contributed by atoms with van der Waals surface area (Å²) in [6.45, 7) is 0. The first kappa shape index (κ1) is 14.5. The molecule has 0 bridgehead atoms. The number of ketones is 1. The molecule has 6 heteroatoms. The molecule has 0 heterocycles. The number of non-ortho nitro benzene ring substituents is 1. The van der Waals surface area contributed by atoms with Gasteiger partial charge in [-0.1, -0.05) is 6.07 Å². The maximum atomic E-state index is 13.4. The monoisotopic (exact) mass is 289 g/mol. The summed E-state index contributed by atoms with van der Waals surface area (Å²) in [5, 5.41) is 10.5. The minimum Gasteiger partial charge on any atom is -0.289 e. The predicted octanol–water partition coefficient (Wildman–Crippen LogP) is 3.77. The molecular weight excluding hydrogens is 280 g/mol. The van der Waals surface area contributed by atoms with Gasteiger partial charge in [-0.2, -0.15) is 0 Å². The van der Waals surface area contributed by atoms with E-state index < -0.39 is 22.3 Å². The Labute approximate surface area is 118 Å². The molecule has 2 aromatic carbocycles. The third-order valence-corrected chi connectivity index (χ3v) is 2.76. The highest BCUT2D eigenvalue weighted by Gasteiger charge is 2.09. The molecule has 2 rings (SSSR count). The zero-order chi connectivity index (χ0) is 15.4. The van der Waals surface area contributed by atoms with Gasteiger partial charge in [-0.25, -0.2) is 8.78 Å². The fraction of sp³-hybridized carbons (Fsp3) is 0. The second kappa shape index (κ2) is 6.04. The number of nitro benzene ring substituents is 1. The zero-order valence-electron chi connectivity index (χ0n) is 10.6. The molecule has 0 N–H and O–H groups in total. The highest BCUT2D eigenvalue weighted by atomic mass is 19.1. The van der Waals surface area contributed by atoms with E-state index in [0.29, 0.717) is 0 Å². The predicted molar refractivity (Wildman–Crippen MR) is 72.8 cm³/mol. The molecule has 0 fully saturated rings. The van der Waals surface area contributed by atoms with Gasteiger partial charge in [0.25, 0.3) is 5.69 Å². The minimum atomic E-state index is -0.775. The average molecular weight is 289 g/mol. The number of nitrogens with zero attached hydrogens (tertiary/aromatic N) is 1. The lowest BCUT2D eigenvalue weighted by Crippen LogP contribution is -1.96. The second-order valence-corrected chi connectivity index (χ2v) is 4.14. The van der Waals surface area contributed by atoms with Crippen molar-refractivity contribution in [2.75, 3.05) is 0 Å². The van der Waals surface area contributed by atoms with Crippen LogP contribution in [0.2, 0.25) is 0 Å². The first-order valence-electron chi connectivity index (χ1n) is 5.90. The van der Waals surface area contributed by atoms with Crippen LogP contribution in [0.1, 0.15) is 15.9 Å². The number of allylic oxidation sites excluding steroid dienone is 1. The van der Waals surface area contributed by atoms with Gasteiger partial charge < -0.3 is 0 Å². The van der Waals surface area contributed by atoms with Crippen LogP contribution in [-0.2, 0) is 0 Å². The Balaban J connectivity index is 2.21. The van der Waals surface area contributed by atoms with E-state index >= 15 is 0 Å². The van der Waals surface area contributed by atoms with Crippen molar-refractivity contribution in [1.29, 1.82) is 0 Å². The van der Waals surface area contributed by atoms with Gasteiger partial charge in [0.05, 0.1) is 4.92 Å². The molecule has 0 amide bonds.